The number of aromatic nitrogens is 1. The van der Waals surface area contributed by atoms with E-state index in [9.17, 15) is 0 Å². The number of nitrogens with zero attached hydrogens (tertiary/aromatic N) is 2. The van der Waals surface area contributed by atoms with Gasteiger partial charge in [-0.1, -0.05) is 0 Å². The maximum Gasteiger partial charge on any atom is 0.139 e. The summed E-state index contributed by atoms with van der Waals surface area (Å²) in [7, 11) is 0. The molecule has 0 aromatic carbocycles. The fraction of sp³-hybridized carbons (Fsp3) is 0.417. The molecule has 84 valence electrons. The van der Waals surface area contributed by atoms with Crippen molar-refractivity contribution in [2.45, 2.75) is 6.92 Å². The molecule has 16 heavy (non-hydrogen) atoms. The monoisotopic (exact) mass is 217 g/mol. The van der Waals surface area contributed by atoms with Gasteiger partial charge < -0.3 is 14.6 Å². The molecule has 0 radical (unpaired) electrons. The summed E-state index contributed by atoms with van der Waals surface area (Å²) in [5.74, 6) is 0.991. The summed E-state index contributed by atoms with van der Waals surface area (Å²) in [6, 6.07) is 1.92. The van der Waals surface area contributed by atoms with Crippen molar-refractivity contribution in [3.05, 3.63) is 24.2 Å². The first-order chi connectivity index (χ1) is 7.86. The third kappa shape index (κ3) is 1.46. The Balaban J connectivity index is 2.10. The van der Waals surface area contributed by atoms with Crippen molar-refractivity contribution in [2.75, 3.05) is 31.1 Å². The van der Waals surface area contributed by atoms with Crippen LogP contribution in [0.2, 0.25) is 0 Å². The summed E-state index contributed by atoms with van der Waals surface area (Å²) < 4.78 is 5.75. The van der Waals surface area contributed by atoms with Crippen LogP contribution >= 0.6 is 0 Å². The molecule has 1 fully saturated rings. The molecule has 3 heterocycles. The van der Waals surface area contributed by atoms with Crippen LogP contribution in [0.4, 0.5) is 5.69 Å². The van der Waals surface area contributed by atoms with Gasteiger partial charge in [-0.05, 0) is 13.0 Å². The molecule has 1 aliphatic rings. The summed E-state index contributed by atoms with van der Waals surface area (Å²) in [4.78, 5) is 6.55. The standard InChI is InChI=1S/C12H15N3O/c1-9-12(15-6-4-13-5-7-15)10-8-14-3-2-11(10)16-9/h2-3,8,13H,4-7H2,1H3. The van der Waals surface area contributed by atoms with Crippen LogP contribution in [-0.4, -0.2) is 31.2 Å². The Hall–Kier alpha value is -1.55. The van der Waals surface area contributed by atoms with E-state index < -0.39 is 0 Å². The molecule has 1 N–H and O–H groups in total. The minimum atomic E-state index is 0.932. The first kappa shape index (κ1) is 9.66. The Morgan fingerprint density at radius 1 is 1.38 bits per heavy atom. The molecular formula is C12H15N3O. The quantitative estimate of drug-likeness (QED) is 0.786. The lowest BCUT2D eigenvalue weighted by Crippen LogP contribution is -2.43. The van der Waals surface area contributed by atoms with E-state index in [4.69, 9.17) is 4.42 Å². The molecule has 0 spiro atoms. The molecule has 1 saturated heterocycles. The smallest absolute Gasteiger partial charge is 0.139 e. The van der Waals surface area contributed by atoms with E-state index >= 15 is 0 Å². The fourth-order valence-electron chi connectivity index (χ4n) is 2.33. The van der Waals surface area contributed by atoms with Crippen LogP contribution in [0.5, 0.6) is 0 Å². The predicted octanol–water partition coefficient (Wildman–Crippen LogP) is 1.55. The van der Waals surface area contributed by atoms with E-state index in [1.165, 1.54) is 5.69 Å². The second-order valence-electron chi connectivity index (χ2n) is 4.12. The number of nitrogens with one attached hydrogen (secondary N) is 1. The number of anilines is 1. The van der Waals surface area contributed by atoms with Crippen molar-refractivity contribution in [1.29, 1.82) is 0 Å². The second kappa shape index (κ2) is 3.79. The van der Waals surface area contributed by atoms with Crippen molar-refractivity contribution in [2.24, 2.45) is 0 Å². The van der Waals surface area contributed by atoms with Gasteiger partial charge in [-0.15, -0.1) is 0 Å². The lowest BCUT2D eigenvalue weighted by Gasteiger charge is -2.29. The largest absolute Gasteiger partial charge is 0.459 e. The van der Waals surface area contributed by atoms with Crippen LogP contribution in [0, 0.1) is 6.92 Å². The Kier molecular flexibility index (Phi) is 2.29. The number of furan rings is 1. The van der Waals surface area contributed by atoms with Crippen molar-refractivity contribution in [3.8, 4) is 0 Å². The van der Waals surface area contributed by atoms with E-state index in [0.717, 1.165) is 42.9 Å². The van der Waals surface area contributed by atoms with Crippen LogP contribution < -0.4 is 10.2 Å². The third-order valence-corrected chi connectivity index (χ3v) is 3.07. The van der Waals surface area contributed by atoms with E-state index in [0.29, 0.717) is 0 Å². The molecule has 3 rings (SSSR count). The first-order valence-electron chi connectivity index (χ1n) is 5.65. The summed E-state index contributed by atoms with van der Waals surface area (Å²) in [5, 5.41) is 4.48. The highest BCUT2D eigenvalue weighted by Crippen LogP contribution is 2.32. The minimum absolute atomic E-state index is 0.932. The second-order valence-corrected chi connectivity index (χ2v) is 4.12. The average molecular weight is 217 g/mol. The number of piperazine rings is 1. The van der Waals surface area contributed by atoms with Gasteiger partial charge in [0.1, 0.15) is 11.3 Å². The maximum atomic E-state index is 5.75. The number of hydrogen-bond acceptors (Lipinski definition) is 4. The number of aryl methyl sites for hydroxylation is 1. The molecule has 2 aromatic heterocycles. The molecule has 4 heteroatoms. The van der Waals surface area contributed by atoms with Gasteiger partial charge in [-0.25, -0.2) is 0 Å². The van der Waals surface area contributed by atoms with Gasteiger partial charge in [-0.2, -0.15) is 0 Å². The number of pyridine rings is 1. The zero-order valence-corrected chi connectivity index (χ0v) is 9.36. The highest BCUT2D eigenvalue weighted by molar-refractivity contribution is 5.92. The zero-order chi connectivity index (χ0) is 11.0. The van der Waals surface area contributed by atoms with E-state index in [2.05, 4.69) is 15.2 Å². The summed E-state index contributed by atoms with van der Waals surface area (Å²) in [5.41, 5.74) is 2.14. The summed E-state index contributed by atoms with van der Waals surface area (Å²) >= 11 is 0. The predicted molar refractivity (Wildman–Crippen MR) is 63.8 cm³/mol. The Labute approximate surface area is 94.3 Å². The molecular weight excluding hydrogens is 202 g/mol. The highest BCUT2D eigenvalue weighted by Gasteiger charge is 2.18. The Morgan fingerprint density at radius 3 is 3.00 bits per heavy atom. The van der Waals surface area contributed by atoms with Crippen molar-refractivity contribution in [3.63, 3.8) is 0 Å². The molecule has 2 aromatic rings. The molecule has 0 bridgehead atoms. The van der Waals surface area contributed by atoms with Gasteiger partial charge in [0.05, 0.1) is 11.1 Å². The van der Waals surface area contributed by atoms with Crippen LogP contribution in [0.25, 0.3) is 11.0 Å². The van der Waals surface area contributed by atoms with Crippen molar-refractivity contribution in [1.82, 2.24) is 10.3 Å². The van der Waals surface area contributed by atoms with Crippen LogP contribution in [-0.2, 0) is 0 Å². The number of fused-ring (bicyclic) bond motifs is 1. The zero-order valence-electron chi connectivity index (χ0n) is 9.36. The van der Waals surface area contributed by atoms with Gasteiger partial charge in [0.15, 0.2) is 0 Å². The molecule has 0 saturated carbocycles. The van der Waals surface area contributed by atoms with Crippen LogP contribution in [0.3, 0.4) is 0 Å². The van der Waals surface area contributed by atoms with Gasteiger partial charge in [-0.3, -0.25) is 4.98 Å². The molecule has 0 aliphatic carbocycles. The number of hydrogen-bond donors (Lipinski definition) is 1. The Bertz CT molecular complexity index is 500. The fourth-order valence-corrected chi connectivity index (χ4v) is 2.33. The van der Waals surface area contributed by atoms with E-state index in [1.807, 2.05) is 19.2 Å². The summed E-state index contributed by atoms with van der Waals surface area (Å²) in [6.45, 7) is 6.16. The normalized spacial score (nSPS) is 16.9. The topological polar surface area (TPSA) is 41.3 Å². The van der Waals surface area contributed by atoms with Gasteiger partial charge in [0, 0.05) is 38.6 Å². The van der Waals surface area contributed by atoms with Crippen molar-refractivity contribution < 1.29 is 4.42 Å². The first-order valence-corrected chi connectivity index (χ1v) is 5.65. The lowest BCUT2D eigenvalue weighted by atomic mass is 10.2. The Morgan fingerprint density at radius 2 is 2.19 bits per heavy atom. The van der Waals surface area contributed by atoms with Crippen LogP contribution in [0.15, 0.2) is 22.9 Å². The number of rotatable bonds is 1. The molecule has 0 unspecified atom stereocenters. The summed E-state index contributed by atoms with van der Waals surface area (Å²) in [6.07, 6.45) is 3.66. The molecule has 0 amide bonds. The van der Waals surface area contributed by atoms with Gasteiger partial charge in [0.25, 0.3) is 0 Å². The lowest BCUT2D eigenvalue weighted by molar-refractivity contribution is 0.559. The molecule has 1 aliphatic heterocycles. The van der Waals surface area contributed by atoms with E-state index in [1.54, 1.807) is 6.20 Å². The average Bonchev–Trinajstić information content (AvgIpc) is 2.66. The van der Waals surface area contributed by atoms with Crippen molar-refractivity contribution >= 4 is 16.7 Å². The van der Waals surface area contributed by atoms with Gasteiger partial charge >= 0.3 is 0 Å². The minimum Gasteiger partial charge on any atom is -0.459 e. The third-order valence-electron chi connectivity index (χ3n) is 3.07. The SMILES string of the molecule is Cc1oc2ccncc2c1N1CCNCC1. The molecule has 0 atom stereocenters. The molecule has 4 nitrogen and oxygen atoms in total. The van der Waals surface area contributed by atoms with Gasteiger partial charge in [0.2, 0.25) is 0 Å². The van der Waals surface area contributed by atoms with E-state index in [-0.39, 0.29) is 0 Å². The highest BCUT2D eigenvalue weighted by atomic mass is 16.3. The maximum absolute atomic E-state index is 5.75. The van der Waals surface area contributed by atoms with Crippen LogP contribution in [0.1, 0.15) is 5.76 Å².